The van der Waals surface area contributed by atoms with Gasteiger partial charge in [-0.2, -0.15) is 5.10 Å². The molecule has 2 N–H and O–H groups in total. The number of rotatable bonds is 5. The number of nitrogens with one attached hydrogen (secondary N) is 2. The molecule has 0 aliphatic heterocycles. The van der Waals surface area contributed by atoms with Crippen molar-refractivity contribution in [3.05, 3.63) is 47.8 Å². The lowest BCUT2D eigenvalue weighted by Gasteiger charge is -2.29. The van der Waals surface area contributed by atoms with Gasteiger partial charge in [0, 0.05) is 29.4 Å². The monoisotopic (exact) mass is 364 g/mol. The summed E-state index contributed by atoms with van der Waals surface area (Å²) in [4.78, 5) is 17.3. The van der Waals surface area contributed by atoms with Crippen LogP contribution in [0.5, 0.6) is 5.75 Å². The number of Topliss-reactive ketones (excluding diaryl/α,β-unsaturated/α-hetero) is 1. The number of ketones is 1. The van der Waals surface area contributed by atoms with Crippen LogP contribution in [0.15, 0.2) is 36.5 Å². The van der Waals surface area contributed by atoms with Crippen molar-refractivity contribution in [3.8, 4) is 5.75 Å². The van der Waals surface area contributed by atoms with Crippen LogP contribution in [0.2, 0.25) is 0 Å². The van der Waals surface area contributed by atoms with E-state index in [2.05, 4.69) is 20.5 Å². The van der Waals surface area contributed by atoms with Crippen LogP contribution in [-0.2, 0) is 0 Å². The predicted molar refractivity (Wildman–Crippen MR) is 105 cm³/mol. The van der Waals surface area contributed by atoms with E-state index in [-0.39, 0.29) is 11.7 Å². The lowest BCUT2D eigenvalue weighted by molar-refractivity contribution is 0.0886. The highest BCUT2D eigenvalue weighted by Gasteiger charge is 2.27. The summed E-state index contributed by atoms with van der Waals surface area (Å²) in [5, 5.41) is 11.9. The number of pyridine rings is 1. The molecule has 3 aromatic rings. The number of carbonyl (C=O) groups excluding carboxylic acids is 1. The van der Waals surface area contributed by atoms with E-state index in [0.717, 1.165) is 59.4 Å². The third kappa shape index (κ3) is 3.52. The third-order valence-electron chi connectivity index (χ3n) is 5.46. The van der Waals surface area contributed by atoms with Gasteiger partial charge in [0.1, 0.15) is 11.6 Å². The lowest BCUT2D eigenvalue weighted by Crippen LogP contribution is -2.29. The van der Waals surface area contributed by atoms with Crippen molar-refractivity contribution in [3.63, 3.8) is 0 Å². The lowest BCUT2D eigenvalue weighted by atomic mass is 9.81. The van der Waals surface area contributed by atoms with E-state index >= 15 is 0 Å². The summed E-state index contributed by atoms with van der Waals surface area (Å²) in [7, 11) is 1.63. The summed E-state index contributed by atoms with van der Waals surface area (Å²) in [5.41, 5.74) is 2.71. The molecule has 2 aromatic heterocycles. The molecule has 4 rings (SSSR count). The molecule has 0 radical (unpaired) electrons. The highest BCUT2D eigenvalue weighted by Crippen LogP contribution is 2.31. The molecule has 1 aliphatic carbocycles. The fourth-order valence-corrected chi connectivity index (χ4v) is 3.91. The zero-order valence-corrected chi connectivity index (χ0v) is 15.7. The van der Waals surface area contributed by atoms with Gasteiger partial charge < -0.3 is 10.1 Å². The highest BCUT2D eigenvalue weighted by atomic mass is 16.5. The van der Waals surface area contributed by atoms with E-state index in [1.165, 1.54) is 0 Å². The summed E-state index contributed by atoms with van der Waals surface area (Å²) < 4.78 is 5.17. The largest absolute Gasteiger partial charge is 0.497 e. The SMILES string of the molecule is COc1ccc(C(=O)C2CCC(Nc3nccc4n[nH]c(C)c34)CC2)cc1. The third-order valence-corrected chi connectivity index (χ3v) is 5.46. The molecule has 6 nitrogen and oxygen atoms in total. The van der Waals surface area contributed by atoms with Gasteiger partial charge in [-0.05, 0) is 62.9 Å². The van der Waals surface area contributed by atoms with Crippen LogP contribution >= 0.6 is 0 Å². The molecule has 2 heterocycles. The highest BCUT2D eigenvalue weighted by molar-refractivity contribution is 5.98. The number of hydrogen-bond donors (Lipinski definition) is 2. The van der Waals surface area contributed by atoms with E-state index in [9.17, 15) is 4.79 Å². The molecular weight excluding hydrogens is 340 g/mol. The second-order valence-electron chi connectivity index (χ2n) is 7.19. The van der Waals surface area contributed by atoms with E-state index < -0.39 is 0 Å². The Kier molecular flexibility index (Phi) is 4.79. The quantitative estimate of drug-likeness (QED) is 0.666. The first kappa shape index (κ1) is 17.5. The Morgan fingerprint density at radius 3 is 2.59 bits per heavy atom. The first-order valence-electron chi connectivity index (χ1n) is 9.40. The van der Waals surface area contributed by atoms with E-state index in [1.54, 1.807) is 13.3 Å². The number of hydrogen-bond acceptors (Lipinski definition) is 5. The number of aromatic nitrogens is 3. The second-order valence-corrected chi connectivity index (χ2v) is 7.19. The minimum Gasteiger partial charge on any atom is -0.497 e. The number of fused-ring (bicyclic) bond motifs is 1. The fourth-order valence-electron chi connectivity index (χ4n) is 3.91. The van der Waals surface area contributed by atoms with Crippen LogP contribution in [0.4, 0.5) is 5.82 Å². The van der Waals surface area contributed by atoms with Gasteiger partial charge in [-0.3, -0.25) is 9.89 Å². The minimum atomic E-state index is 0.0934. The molecule has 1 aliphatic rings. The number of nitrogens with zero attached hydrogens (tertiary/aromatic N) is 2. The van der Waals surface area contributed by atoms with Gasteiger partial charge in [0.05, 0.1) is 18.0 Å². The van der Waals surface area contributed by atoms with Crippen molar-refractivity contribution in [1.29, 1.82) is 0 Å². The molecule has 140 valence electrons. The van der Waals surface area contributed by atoms with E-state index in [1.807, 2.05) is 37.3 Å². The van der Waals surface area contributed by atoms with Crippen LogP contribution < -0.4 is 10.1 Å². The van der Waals surface area contributed by atoms with Gasteiger partial charge in [-0.15, -0.1) is 0 Å². The molecule has 0 spiro atoms. The number of ether oxygens (including phenoxy) is 1. The fraction of sp³-hybridized carbons (Fsp3) is 0.381. The Morgan fingerprint density at radius 1 is 1.15 bits per heavy atom. The Bertz CT molecular complexity index is 940. The standard InChI is InChI=1S/C21H24N4O2/c1-13-19-18(25-24-13)11-12-22-21(19)23-16-7-3-14(4-8-16)20(26)15-5-9-17(27-2)10-6-15/h5-6,9-12,14,16H,3-4,7-8H2,1-2H3,(H,22,23)(H,24,25). The first-order valence-corrected chi connectivity index (χ1v) is 9.40. The number of benzene rings is 1. The number of methoxy groups -OCH3 is 1. The maximum absolute atomic E-state index is 12.8. The van der Waals surface area contributed by atoms with Crippen molar-refractivity contribution in [1.82, 2.24) is 15.2 Å². The van der Waals surface area contributed by atoms with E-state index in [4.69, 9.17) is 4.74 Å². The molecule has 1 fully saturated rings. The van der Waals surface area contributed by atoms with Crippen molar-refractivity contribution in [2.45, 2.75) is 38.6 Å². The van der Waals surface area contributed by atoms with Crippen molar-refractivity contribution in [2.24, 2.45) is 5.92 Å². The van der Waals surface area contributed by atoms with Crippen LogP contribution in [0.3, 0.4) is 0 Å². The van der Waals surface area contributed by atoms with Gasteiger partial charge in [0.2, 0.25) is 0 Å². The summed E-state index contributed by atoms with van der Waals surface area (Å²) in [5.74, 6) is 1.98. The number of anilines is 1. The molecule has 0 atom stereocenters. The molecule has 1 aromatic carbocycles. The van der Waals surface area contributed by atoms with Gasteiger partial charge in [-0.25, -0.2) is 4.98 Å². The summed E-state index contributed by atoms with van der Waals surface area (Å²) in [6.45, 7) is 2.01. The Balaban J connectivity index is 1.39. The molecule has 0 amide bonds. The van der Waals surface area contributed by atoms with Crippen LogP contribution in [0, 0.1) is 12.8 Å². The number of aromatic amines is 1. The maximum atomic E-state index is 12.8. The first-order chi connectivity index (χ1) is 13.2. The molecule has 0 unspecified atom stereocenters. The number of H-pyrrole nitrogens is 1. The van der Waals surface area contributed by atoms with Gasteiger partial charge in [0.25, 0.3) is 0 Å². The maximum Gasteiger partial charge on any atom is 0.165 e. The van der Waals surface area contributed by atoms with Crippen LogP contribution in [0.1, 0.15) is 41.7 Å². The molecule has 6 heteroatoms. The van der Waals surface area contributed by atoms with Crippen molar-refractivity contribution in [2.75, 3.05) is 12.4 Å². The van der Waals surface area contributed by atoms with Gasteiger partial charge in [0.15, 0.2) is 5.78 Å². The Labute approximate surface area is 158 Å². The summed E-state index contributed by atoms with van der Waals surface area (Å²) >= 11 is 0. The van der Waals surface area contributed by atoms with Crippen molar-refractivity contribution < 1.29 is 9.53 Å². The van der Waals surface area contributed by atoms with Gasteiger partial charge in [-0.1, -0.05) is 0 Å². The minimum absolute atomic E-state index is 0.0934. The zero-order valence-electron chi connectivity index (χ0n) is 15.7. The van der Waals surface area contributed by atoms with Crippen LogP contribution in [-0.4, -0.2) is 34.1 Å². The number of carbonyl (C=O) groups is 1. The smallest absolute Gasteiger partial charge is 0.165 e. The van der Waals surface area contributed by atoms with Crippen molar-refractivity contribution >= 4 is 22.5 Å². The normalized spacial score (nSPS) is 19.8. The average molecular weight is 364 g/mol. The summed E-state index contributed by atoms with van der Waals surface area (Å²) in [6, 6.07) is 9.65. The average Bonchev–Trinajstić information content (AvgIpc) is 3.10. The molecule has 1 saturated carbocycles. The van der Waals surface area contributed by atoms with Gasteiger partial charge >= 0.3 is 0 Å². The second kappa shape index (κ2) is 7.39. The Morgan fingerprint density at radius 2 is 1.89 bits per heavy atom. The molecule has 0 bridgehead atoms. The predicted octanol–water partition coefficient (Wildman–Crippen LogP) is 4.13. The van der Waals surface area contributed by atoms with E-state index in [0.29, 0.717) is 6.04 Å². The number of aryl methyl sites for hydroxylation is 1. The molecule has 0 saturated heterocycles. The zero-order chi connectivity index (χ0) is 18.8. The topological polar surface area (TPSA) is 79.9 Å². The summed E-state index contributed by atoms with van der Waals surface area (Å²) in [6.07, 6.45) is 5.48. The Hall–Kier alpha value is -2.89. The molecule has 27 heavy (non-hydrogen) atoms. The van der Waals surface area contributed by atoms with Crippen LogP contribution in [0.25, 0.3) is 10.9 Å². The molecular formula is C21H24N4O2.